The first kappa shape index (κ1) is 15.3. The highest BCUT2D eigenvalue weighted by Crippen LogP contribution is 2.28. The van der Waals surface area contributed by atoms with Crippen LogP contribution in [0.3, 0.4) is 0 Å². The van der Waals surface area contributed by atoms with Gasteiger partial charge in [0, 0.05) is 5.56 Å². The van der Waals surface area contributed by atoms with E-state index >= 15 is 0 Å². The van der Waals surface area contributed by atoms with Crippen LogP contribution in [-0.2, 0) is 16.1 Å². The minimum absolute atomic E-state index is 0.137. The summed E-state index contributed by atoms with van der Waals surface area (Å²) in [6, 6.07) is 11.4. The highest BCUT2D eigenvalue weighted by molar-refractivity contribution is 5.87. The maximum Gasteiger partial charge on any atom is 0.344 e. The number of rotatable bonds is 7. The molecule has 0 atom stereocenters. The van der Waals surface area contributed by atoms with Gasteiger partial charge >= 0.3 is 5.97 Å². The van der Waals surface area contributed by atoms with Crippen molar-refractivity contribution in [2.75, 3.05) is 13.2 Å². The SMILES string of the molecule is CCCCOC(=O)COc1ccc2ccccc2c1CO. The minimum atomic E-state index is -0.388. The molecule has 0 fully saturated rings. The summed E-state index contributed by atoms with van der Waals surface area (Å²) in [6.07, 6.45) is 1.83. The Morgan fingerprint density at radius 2 is 2.00 bits per heavy atom. The lowest BCUT2D eigenvalue weighted by Crippen LogP contribution is -2.16. The van der Waals surface area contributed by atoms with Crippen LogP contribution in [0.5, 0.6) is 5.75 Å². The summed E-state index contributed by atoms with van der Waals surface area (Å²) in [6.45, 7) is 2.17. The third-order valence-electron chi connectivity index (χ3n) is 3.26. The standard InChI is InChI=1S/C17H20O4/c1-2-3-10-20-17(19)12-21-16-9-8-13-6-4-5-7-14(13)15(16)11-18/h4-9,18H,2-3,10-12H2,1H3. The fraction of sp³-hybridized carbons (Fsp3) is 0.353. The Labute approximate surface area is 124 Å². The molecule has 0 saturated carbocycles. The molecule has 0 unspecified atom stereocenters. The molecule has 0 aromatic heterocycles. The number of carbonyl (C=O) groups is 1. The predicted molar refractivity (Wildman–Crippen MR) is 81.2 cm³/mol. The van der Waals surface area contributed by atoms with Crippen LogP contribution in [0.15, 0.2) is 36.4 Å². The van der Waals surface area contributed by atoms with E-state index in [9.17, 15) is 9.90 Å². The van der Waals surface area contributed by atoms with Gasteiger partial charge in [0.15, 0.2) is 6.61 Å². The van der Waals surface area contributed by atoms with Crippen LogP contribution in [0.2, 0.25) is 0 Å². The van der Waals surface area contributed by atoms with Gasteiger partial charge in [-0.05, 0) is 23.3 Å². The Kier molecular flexibility index (Phi) is 5.58. The van der Waals surface area contributed by atoms with Crippen LogP contribution in [0.1, 0.15) is 25.3 Å². The number of carbonyl (C=O) groups excluding carboxylic acids is 1. The molecule has 2 aromatic carbocycles. The number of hydrogen-bond acceptors (Lipinski definition) is 4. The molecule has 4 heteroatoms. The zero-order valence-electron chi connectivity index (χ0n) is 12.2. The van der Waals surface area contributed by atoms with E-state index in [4.69, 9.17) is 9.47 Å². The number of esters is 1. The second kappa shape index (κ2) is 7.64. The lowest BCUT2D eigenvalue weighted by atomic mass is 10.0. The van der Waals surface area contributed by atoms with E-state index in [-0.39, 0.29) is 19.2 Å². The van der Waals surface area contributed by atoms with Crippen molar-refractivity contribution in [2.45, 2.75) is 26.4 Å². The molecule has 0 aliphatic carbocycles. The van der Waals surface area contributed by atoms with Crippen molar-refractivity contribution >= 4 is 16.7 Å². The zero-order valence-corrected chi connectivity index (χ0v) is 12.2. The third-order valence-corrected chi connectivity index (χ3v) is 3.26. The second-order valence-corrected chi connectivity index (χ2v) is 4.78. The van der Waals surface area contributed by atoms with Crippen molar-refractivity contribution in [1.82, 2.24) is 0 Å². The number of unbranched alkanes of at least 4 members (excludes halogenated alkanes) is 1. The molecule has 0 radical (unpaired) electrons. The highest BCUT2D eigenvalue weighted by atomic mass is 16.6. The van der Waals surface area contributed by atoms with Crippen molar-refractivity contribution in [3.8, 4) is 5.75 Å². The quantitative estimate of drug-likeness (QED) is 0.628. The van der Waals surface area contributed by atoms with E-state index in [0.29, 0.717) is 17.9 Å². The Morgan fingerprint density at radius 3 is 2.76 bits per heavy atom. The Hall–Kier alpha value is -2.07. The lowest BCUT2D eigenvalue weighted by molar-refractivity contribution is -0.146. The molecular formula is C17H20O4. The highest BCUT2D eigenvalue weighted by Gasteiger charge is 2.10. The minimum Gasteiger partial charge on any atom is -0.482 e. The van der Waals surface area contributed by atoms with E-state index in [0.717, 1.165) is 23.6 Å². The maximum absolute atomic E-state index is 11.5. The van der Waals surface area contributed by atoms with Crippen molar-refractivity contribution in [3.63, 3.8) is 0 Å². The monoisotopic (exact) mass is 288 g/mol. The van der Waals surface area contributed by atoms with Crippen molar-refractivity contribution < 1.29 is 19.4 Å². The first-order chi connectivity index (χ1) is 10.3. The molecule has 0 amide bonds. The fourth-order valence-electron chi connectivity index (χ4n) is 2.12. The number of benzene rings is 2. The van der Waals surface area contributed by atoms with Gasteiger partial charge in [-0.3, -0.25) is 0 Å². The van der Waals surface area contributed by atoms with Gasteiger partial charge in [0.25, 0.3) is 0 Å². The molecule has 2 rings (SSSR count). The molecule has 0 aliphatic rings. The summed E-state index contributed by atoms with van der Waals surface area (Å²) in [5, 5.41) is 11.5. The van der Waals surface area contributed by atoms with Crippen LogP contribution < -0.4 is 4.74 Å². The molecule has 2 aromatic rings. The van der Waals surface area contributed by atoms with Crippen LogP contribution in [0.25, 0.3) is 10.8 Å². The van der Waals surface area contributed by atoms with Gasteiger partial charge < -0.3 is 14.6 Å². The van der Waals surface area contributed by atoms with E-state index in [1.54, 1.807) is 6.07 Å². The molecule has 0 spiro atoms. The average Bonchev–Trinajstić information content (AvgIpc) is 2.52. The van der Waals surface area contributed by atoms with E-state index in [2.05, 4.69) is 0 Å². The topological polar surface area (TPSA) is 55.8 Å². The Morgan fingerprint density at radius 1 is 1.19 bits per heavy atom. The summed E-state index contributed by atoms with van der Waals surface area (Å²) in [5.41, 5.74) is 0.689. The van der Waals surface area contributed by atoms with Gasteiger partial charge in [0.1, 0.15) is 5.75 Å². The lowest BCUT2D eigenvalue weighted by Gasteiger charge is -2.12. The fourth-order valence-corrected chi connectivity index (χ4v) is 2.12. The molecule has 0 saturated heterocycles. The van der Waals surface area contributed by atoms with E-state index < -0.39 is 0 Å². The van der Waals surface area contributed by atoms with Crippen LogP contribution >= 0.6 is 0 Å². The zero-order chi connectivity index (χ0) is 15.1. The second-order valence-electron chi connectivity index (χ2n) is 4.78. The van der Waals surface area contributed by atoms with Crippen molar-refractivity contribution in [2.24, 2.45) is 0 Å². The average molecular weight is 288 g/mol. The molecule has 1 N–H and O–H groups in total. The van der Waals surface area contributed by atoms with Gasteiger partial charge in [-0.1, -0.05) is 43.7 Å². The number of aliphatic hydroxyl groups excluding tert-OH is 1. The van der Waals surface area contributed by atoms with E-state index in [1.807, 2.05) is 37.3 Å². The summed E-state index contributed by atoms with van der Waals surface area (Å²) in [7, 11) is 0. The van der Waals surface area contributed by atoms with Gasteiger partial charge in [0.05, 0.1) is 13.2 Å². The number of ether oxygens (including phenoxy) is 2. The first-order valence-electron chi connectivity index (χ1n) is 7.16. The summed E-state index contributed by atoms with van der Waals surface area (Å²) in [5.74, 6) is 0.129. The molecule has 21 heavy (non-hydrogen) atoms. The summed E-state index contributed by atoms with van der Waals surface area (Å²) < 4.78 is 10.5. The number of aliphatic hydroxyl groups is 1. The molecule has 112 valence electrons. The summed E-state index contributed by atoms with van der Waals surface area (Å²) >= 11 is 0. The largest absolute Gasteiger partial charge is 0.482 e. The Balaban J connectivity index is 2.06. The maximum atomic E-state index is 11.5. The van der Waals surface area contributed by atoms with Gasteiger partial charge in [-0.2, -0.15) is 0 Å². The molecule has 0 heterocycles. The predicted octanol–water partition coefficient (Wildman–Crippen LogP) is 3.05. The summed E-state index contributed by atoms with van der Waals surface area (Å²) in [4.78, 5) is 11.5. The van der Waals surface area contributed by atoms with Crippen LogP contribution in [-0.4, -0.2) is 24.3 Å². The molecule has 4 nitrogen and oxygen atoms in total. The molecule has 0 aliphatic heterocycles. The van der Waals surface area contributed by atoms with Crippen LogP contribution in [0.4, 0.5) is 0 Å². The number of hydrogen-bond donors (Lipinski definition) is 1. The smallest absolute Gasteiger partial charge is 0.344 e. The first-order valence-corrected chi connectivity index (χ1v) is 7.16. The number of fused-ring (bicyclic) bond motifs is 1. The molecular weight excluding hydrogens is 268 g/mol. The normalized spacial score (nSPS) is 10.6. The Bertz CT molecular complexity index is 607. The van der Waals surface area contributed by atoms with Gasteiger partial charge in [-0.15, -0.1) is 0 Å². The molecule has 0 bridgehead atoms. The van der Waals surface area contributed by atoms with Gasteiger partial charge in [-0.25, -0.2) is 4.79 Å². The van der Waals surface area contributed by atoms with Crippen LogP contribution in [0, 0.1) is 0 Å². The van der Waals surface area contributed by atoms with Gasteiger partial charge in [0.2, 0.25) is 0 Å². The van der Waals surface area contributed by atoms with Crippen molar-refractivity contribution in [1.29, 1.82) is 0 Å². The van der Waals surface area contributed by atoms with E-state index in [1.165, 1.54) is 0 Å². The third kappa shape index (κ3) is 3.95. The van der Waals surface area contributed by atoms with Crippen molar-refractivity contribution in [3.05, 3.63) is 42.0 Å².